The highest BCUT2D eigenvalue weighted by atomic mass is 16.5. The van der Waals surface area contributed by atoms with E-state index in [0.29, 0.717) is 55.3 Å². The molecule has 8 nitrogen and oxygen atoms in total. The van der Waals surface area contributed by atoms with E-state index in [1.54, 1.807) is 11.8 Å². The summed E-state index contributed by atoms with van der Waals surface area (Å²) in [5.41, 5.74) is 3.30. The van der Waals surface area contributed by atoms with Gasteiger partial charge >= 0.3 is 0 Å². The van der Waals surface area contributed by atoms with Gasteiger partial charge < -0.3 is 14.3 Å². The number of hydrogen-bond donors (Lipinski definition) is 0. The minimum Gasteiger partial charge on any atom is -0.360 e. The lowest BCUT2D eigenvalue weighted by atomic mass is 10.1. The van der Waals surface area contributed by atoms with Crippen LogP contribution in [-0.2, 0) is 30.6 Å². The van der Waals surface area contributed by atoms with Gasteiger partial charge in [-0.05, 0) is 19.3 Å². The maximum Gasteiger partial charge on any atom is 0.260 e. The fourth-order valence-electron chi connectivity index (χ4n) is 4.27. The Bertz CT molecular complexity index is 917. The van der Waals surface area contributed by atoms with Crippen molar-refractivity contribution < 1.29 is 14.1 Å². The van der Waals surface area contributed by atoms with Gasteiger partial charge in [0.2, 0.25) is 5.91 Å². The largest absolute Gasteiger partial charge is 0.360 e. The summed E-state index contributed by atoms with van der Waals surface area (Å²) in [6.07, 6.45) is 5.60. The molecule has 0 spiro atoms. The fourth-order valence-corrected chi connectivity index (χ4v) is 4.27. The Balaban J connectivity index is 1.60. The quantitative estimate of drug-likeness (QED) is 0.787. The number of likely N-dealkylation sites (tertiary alicyclic amines) is 1. The average molecular weight is 397 g/mol. The van der Waals surface area contributed by atoms with Crippen LogP contribution in [0, 0.1) is 0 Å². The Labute approximate surface area is 170 Å². The zero-order valence-electron chi connectivity index (χ0n) is 17.3. The highest BCUT2D eigenvalue weighted by Crippen LogP contribution is 2.33. The zero-order valence-corrected chi connectivity index (χ0v) is 17.3. The van der Waals surface area contributed by atoms with Crippen molar-refractivity contribution in [1.82, 2.24) is 24.9 Å². The molecule has 1 saturated heterocycles. The molecule has 0 saturated carbocycles. The number of aromatic nitrogens is 3. The van der Waals surface area contributed by atoms with Crippen LogP contribution >= 0.6 is 0 Å². The molecule has 0 aliphatic carbocycles. The molecule has 29 heavy (non-hydrogen) atoms. The van der Waals surface area contributed by atoms with E-state index in [0.717, 1.165) is 30.5 Å². The zero-order chi connectivity index (χ0) is 20.5. The SMILES string of the molecule is CCc1noc(CC)c1C(=O)N1CCC[C@@H]1c1ncc2c(n1)CCN(C(C)=O)C2. The van der Waals surface area contributed by atoms with Crippen molar-refractivity contribution in [2.75, 3.05) is 13.1 Å². The molecule has 0 aromatic carbocycles. The van der Waals surface area contributed by atoms with Crippen LogP contribution in [0.2, 0.25) is 0 Å². The fraction of sp³-hybridized carbons (Fsp3) is 0.571. The summed E-state index contributed by atoms with van der Waals surface area (Å²) in [4.78, 5) is 38.1. The number of fused-ring (bicyclic) bond motifs is 1. The number of carbonyl (C=O) groups is 2. The smallest absolute Gasteiger partial charge is 0.260 e. The van der Waals surface area contributed by atoms with Gasteiger partial charge in [-0.25, -0.2) is 9.97 Å². The predicted molar refractivity (Wildman–Crippen MR) is 105 cm³/mol. The summed E-state index contributed by atoms with van der Waals surface area (Å²) in [6, 6.07) is -0.136. The summed E-state index contributed by atoms with van der Waals surface area (Å²) in [5, 5.41) is 4.09. The van der Waals surface area contributed by atoms with E-state index >= 15 is 0 Å². The number of aryl methyl sites for hydroxylation is 2. The Morgan fingerprint density at radius 3 is 2.79 bits per heavy atom. The molecule has 154 valence electrons. The first kappa shape index (κ1) is 19.5. The van der Waals surface area contributed by atoms with Crippen molar-refractivity contribution in [3.05, 3.63) is 40.3 Å². The molecular weight excluding hydrogens is 370 g/mol. The minimum absolute atomic E-state index is 0.0356. The molecule has 0 N–H and O–H groups in total. The van der Waals surface area contributed by atoms with Gasteiger partial charge in [0.15, 0.2) is 5.82 Å². The van der Waals surface area contributed by atoms with Crippen molar-refractivity contribution in [1.29, 1.82) is 0 Å². The van der Waals surface area contributed by atoms with Gasteiger partial charge in [0.05, 0.1) is 17.4 Å². The van der Waals surface area contributed by atoms with E-state index in [1.807, 2.05) is 24.9 Å². The van der Waals surface area contributed by atoms with Gasteiger partial charge in [-0.15, -0.1) is 0 Å². The summed E-state index contributed by atoms with van der Waals surface area (Å²) < 4.78 is 5.40. The number of nitrogens with zero attached hydrogens (tertiary/aromatic N) is 5. The first-order valence-corrected chi connectivity index (χ1v) is 10.4. The molecule has 0 bridgehead atoms. The third kappa shape index (κ3) is 3.52. The lowest BCUT2D eigenvalue weighted by Crippen LogP contribution is -2.36. The van der Waals surface area contributed by atoms with Crippen molar-refractivity contribution in [3.63, 3.8) is 0 Å². The molecule has 8 heteroatoms. The van der Waals surface area contributed by atoms with Crippen molar-refractivity contribution >= 4 is 11.8 Å². The maximum absolute atomic E-state index is 13.4. The van der Waals surface area contributed by atoms with Crippen molar-refractivity contribution in [2.24, 2.45) is 0 Å². The number of hydrogen-bond acceptors (Lipinski definition) is 6. The number of carbonyl (C=O) groups excluding carboxylic acids is 2. The normalized spacial score (nSPS) is 18.8. The van der Waals surface area contributed by atoms with Gasteiger partial charge in [-0.2, -0.15) is 0 Å². The van der Waals surface area contributed by atoms with Crippen molar-refractivity contribution in [2.45, 2.75) is 65.5 Å². The highest BCUT2D eigenvalue weighted by molar-refractivity contribution is 5.96. The van der Waals surface area contributed by atoms with Crippen LogP contribution in [0.1, 0.15) is 78.5 Å². The van der Waals surface area contributed by atoms with E-state index in [2.05, 4.69) is 10.1 Å². The van der Waals surface area contributed by atoms with Crippen LogP contribution in [0.5, 0.6) is 0 Å². The number of amides is 2. The van der Waals surface area contributed by atoms with Gasteiger partial charge in [0.1, 0.15) is 11.3 Å². The summed E-state index contributed by atoms with van der Waals surface area (Å²) in [6.45, 7) is 7.44. The first-order valence-electron chi connectivity index (χ1n) is 10.4. The van der Waals surface area contributed by atoms with Crippen LogP contribution in [0.25, 0.3) is 0 Å². The Morgan fingerprint density at radius 2 is 2.07 bits per heavy atom. The van der Waals surface area contributed by atoms with Gasteiger partial charge in [0.25, 0.3) is 5.91 Å². The highest BCUT2D eigenvalue weighted by Gasteiger charge is 2.36. The Kier molecular flexibility index (Phi) is 5.34. The van der Waals surface area contributed by atoms with Crippen molar-refractivity contribution in [3.8, 4) is 0 Å². The monoisotopic (exact) mass is 397 g/mol. The third-order valence-corrected chi connectivity index (χ3v) is 5.91. The van der Waals surface area contributed by atoms with Crippen LogP contribution < -0.4 is 0 Å². The Morgan fingerprint density at radius 1 is 1.24 bits per heavy atom. The van der Waals surface area contributed by atoms with Crippen LogP contribution in [0.3, 0.4) is 0 Å². The van der Waals surface area contributed by atoms with Crippen LogP contribution in [0.15, 0.2) is 10.7 Å². The third-order valence-electron chi connectivity index (χ3n) is 5.91. The molecule has 2 aliphatic heterocycles. The lowest BCUT2D eigenvalue weighted by Gasteiger charge is -2.28. The molecule has 1 fully saturated rings. The second kappa shape index (κ2) is 7.93. The maximum atomic E-state index is 13.4. The molecular formula is C21H27N5O3. The summed E-state index contributed by atoms with van der Waals surface area (Å²) >= 11 is 0. The molecule has 0 radical (unpaired) electrons. The van der Waals surface area contributed by atoms with Crippen LogP contribution in [-0.4, -0.2) is 49.8 Å². The molecule has 4 heterocycles. The topological polar surface area (TPSA) is 92.4 Å². The second-order valence-corrected chi connectivity index (χ2v) is 7.68. The standard InChI is InChI=1S/C21H27N5O3/c1-4-15-19(18(5-2)29-24-15)21(28)26-9-6-7-17(26)20-22-11-14-12-25(13(3)27)10-8-16(14)23-20/h11,17H,4-10,12H2,1-3H3/t17-/m1/s1. The average Bonchev–Trinajstić information content (AvgIpc) is 3.39. The predicted octanol–water partition coefficient (Wildman–Crippen LogP) is 2.47. The second-order valence-electron chi connectivity index (χ2n) is 7.68. The van der Waals surface area contributed by atoms with E-state index in [-0.39, 0.29) is 17.9 Å². The lowest BCUT2D eigenvalue weighted by molar-refractivity contribution is -0.129. The van der Waals surface area contributed by atoms with E-state index < -0.39 is 0 Å². The van der Waals surface area contributed by atoms with E-state index in [1.165, 1.54) is 0 Å². The molecule has 2 aromatic rings. The van der Waals surface area contributed by atoms with Gasteiger partial charge in [0, 0.05) is 51.2 Å². The molecule has 1 atom stereocenters. The molecule has 2 aromatic heterocycles. The van der Waals surface area contributed by atoms with Gasteiger partial charge in [-0.1, -0.05) is 19.0 Å². The van der Waals surface area contributed by atoms with Gasteiger partial charge in [-0.3, -0.25) is 9.59 Å². The Hall–Kier alpha value is -2.77. The summed E-state index contributed by atoms with van der Waals surface area (Å²) in [7, 11) is 0. The van der Waals surface area contributed by atoms with Crippen LogP contribution in [0.4, 0.5) is 0 Å². The molecule has 0 unspecified atom stereocenters. The minimum atomic E-state index is -0.136. The molecule has 2 aliphatic rings. The number of rotatable bonds is 4. The first-order chi connectivity index (χ1) is 14.0. The molecule has 2 amide bonds. The van der Waals surface area contributed by atoms with E-state index in [4.69, 9.17) is 9.51 Å². The summed E-state index contributed by atoms with van der Waals surface area (Å²) in [5.74, 6) is 1.37. The van der Waals surface area contributed by atoms with E-state index in [9.17, 15) is 9.59 Å². The molecule has 4 rings (SSSR count).